The van der Waals surface area contributed by atoms with Crippen LogP contribution in [0.25, 0.3) is 33.3 Å². The van der Waals surface area contributed by atoms with Crippen molar-refractivity contribution in [2.75, 3.05) is 45.2 Å². The number of anilines is 2. The lowest BCUT2D eigenvalue weighted by Crippen LogP contribution is -2.61. The molecule has 1 aliphatic carbocycles. The molecule has 280 valence electrons. The Bertz CT molecular complexity index is 2450. The normalized spacial score (nSPS) is 19.8. The molecular weight excluding hydrogens is 731 g/mol. The minimum atomic E-state index is -0.469. The summed E-state index contributed by atoms with van der Waals surface area (Å²) >= 11 is 14.3. The van der Waals surface area contributed by atoms with Crippen LogP contribution in [-0.2, 0) is 20.5 Å². The summed E-state index contributed by atoms with van der Waals surface area (Å²) in [4.78, 5) is 52.1. The number of methoxy groups -OCH3 is 1. The lowest BCUT2D eigenvalue weighted by molar-refractivity contribution is 0.127. The summed E-state index contributed by atoms with van der Waals surface area (Å²) in [6.45, 7) is 2.52. The van der Waals surface area contributed by atoms with E-state index in [0.717, 1.165) is 60.0 Å². The fraction of sp³-hybridized carbons (Fsp3) is 0.359. The second-order valence-corrected chi connectivity index (χ2v) is 15.0. The van der Waals surface area contributed by atoms with E-state index in [1.165, 1.54) is 17.8 Å². The molecule has 2 amide bonds. The topological polar surface area (TPSA) is 147 Å². The Morgan fingerprint density at radius 1 is 1.00 bits per heavy atom. The van der Waals surface area contributed by atoms with Gasteiger partial charge in [-0.2, -0.15) is 0 Å². The van der Waals surface area contributed by atoms with Crippen molar-refractivity contribution >= 4 is 51.6 Å². The first-order chi connectivity index (χ1) is 26.0. The van der Waals surface area contributed by atoms with Gasteiger partial charge in [0.05, 0.1) is 46.2 Å². The van der Waals surface area contributed by atoms with Crippen molar-refractivity contribution < 1.29 is 14.6 Å². The van der Waals surface area contributed by atoms with Crippen LogP contribution in [-0.4, -0.2) is 85.5 Å². The standard InChI is InChI=1S/C39H40Cl2N8O5/c1-46-28-12-15-42-34(31(28)36(51)47(2)38(46)53)43-26-9-5-7-24(33(26)41)23-6-4-8-25(32(23)40)27-20-22-10-11-29(30(22)35(44-27)54-3)49-17-14-39(21-49)13-16-48(18-19-50)37(52)45-39/h4-9,12,15,20,29,50H,10-11,13-14,16-19,21H2,1-3H3,(H,42,43)(H,45,52)/t29-,39+/m0/s1. The number of amides is 2. The SMILES string of the molecule is COc1nc(-c2cccc(-c3cccc(Nc4nccc5c4c(=O)n(C)c(=O)n5C)c3Cl)c2Cl)cc2c1[C@@H](N1CC[C@]3(CCN(CCO)C(=O)N3)C1)CC2. The number of aryl methyl sites for hydroxylation is 2. The van der Waals surface area contributed by atoms with Gasteiger partial charge in [0.15, 0.2) is 0 Å². The number of carbonyl (C=O) groups is 1. The molecule has 8 rings (SSSR count). The van der Waals surface area contributed by atoms with Gasteiger partial charge in [0.25, 0.3) is 5.56 Å². The maximum Gasteiger partial charge on any atom is 0.330 e. The first-order valence-electron chi connectivity index (χ1n) is 17.9. The van der Waals surface area contributed by atoms with Crippen molar-refractivity contribution in [1.29, 1.82) is 0 Å². The highest BCUT2D eigenvalue weighted by atomic mass is 35.5. The quantitative estimate of drug-likeness (QED) is 0.192. The molecule has 3 aliphatic rings. The van der Waals surface area contributed by atoms with Crippen molar-refractivity contribution in [3.05, 3.63) is 96.7 Å². The van der Waals surface area contributed by atoms with Crippen molar-refractivity contribution in [3.63, 3.8) is 0 Å². The molecule has 3 aromatic heterocycles. The average molecular weight is 772 g/mol. The Morgan fingerprint density at radius 2 is 1.74 bits per heavy atom. The molecule has 1 spiro atoms. The lowest BCUT2D eigenvalue weighted by atomic mass is 9.92. The molecule has 0 radical (unpaired) electrons. The number of pyridine rings is 2. The van der Waals surface area contributed by atoms with E-state index in [1.54, 1.807) is 31.2 Å². The Kier molecular flexibility index (Phi) is 9.37. The largest absolute Gasteiger partial charge is 0.481 e. The predicted octanol–water partition coefficient (Wildman–Crippen LogP) is 5.26. The van der Waals surface area contributed by atoms with E-state index >= 15 is 0 Å². The van der Waals surface area contributed by atoms with Crippen molar-refractivity contribution in [1.82, 2.24) is 34.2 Å². The highest BCUT2D eigenvalue weighted by Crippen LogP contribution is 2.47. The first-order valence-corrected chi connectivity index (χ1v) is 18.7. The number of nitrogens with zero attached hydrogens (tertiary/aromatic N) is 6. The number of likely N-dealkylation sites (tertiary alicyclic amines) is 1. The van der Waals surface area contributed by atoms with Crippen LogP contribution in [0.15, 0.2) is 64.3 Å². The first kappa shape index (κ1) is 36.0. The van der Waals surface area contributed by atoms with Crippen LogP contribution in [0.2, 0.25) is 10.0 Å². The summed E-state index contributed by atoms with van der Waals surface area (Å²) in [6.07, 6.45) is 5.00. The number of β-amino-alcohol motifs (C(OH)–C–C–N with tert-alkyl or cyclic N) is 1. The van der Waals surface area contributed by atoms with Crippen LogP contribution in [0.4, 0.5) is 16.3 Å². The second kappa shape index (κ2) is 14.0. The number of hydrogen-bond acceptors (Lipinski definition) is 9. The number of fused-ring (bicyclic) bond motifs is 2. The number of aliphatic hydroxyl groups excluding tert-OH is 1. The van der Waals surface area contributed by atoms with Crippen LogP contribution in [0.3, 0.4) is 0 Å². The Morgan fingerprint density at radius 3 is 2.50 bits per heavy atom. The van der Waals surface area contributed by atoms with E-state index in [-0.39, 0.29) is 35.4 Å². The van der Waals surface area contributed by atoms with Gasteiger partial charge in [0.1, 0.15) is 11.2 Å². The van der Waals surface area contributed by atoms with Crippen LogP contribution in [0.5, 0.6) is 5.88 Å². The number of carbonyl (C=O) groups excluding carboxylic acids is 1. The molecule has 2 atom stereocenters. The number of nitrogens with one attached hydrogen (secondary N) is 2. The molecule has 0 bridgehead atoms. The van der Waals surface area contributed by atoms with Gasteiger partial charge < -0.3 is 25.4 Å². The Hall–Kier alpha value is -4.95. The highest BCUT2D eigenvalue weighted by molar-refractivity contribution is 6.39. The van der Waals surface area contributed by atoms with Crippen LogP contribution < -0.4 is 26.6 Å². The number of ether oxygens (including phenoxy) is 1. The fourth-order valence-corrected chi connectivity index (χ4v) is 8.99. The third-order valence-corrected chi connectivity index (χ3v) is 12.1. The minimum absolute atomic E-state index is 0.0473. The summed E-state index contributed by atoms with van der Waals surface area (Å²) in [5.41, 5.74) is 4.78. The number of benzene rings is 2. The zero-order valence-electron chi connectivity index (χ0n) is 30.2. The van der Waals surface area contributed by atoms with Gasteiger partial charge in [-0.15, -0.1) is 0 Å². The van der Waals surface area contributed by atoms with E-state index < -0.39 is 11.2 Å². The molecule has 13 nitrogen and oxygen atoms in total. The summed E-state index contributed by atoms with van der Waals surface area (Å²) in [5.74, 6) is 0.831. The molecule has 5 aromatic rings. The Labute approximate surface area is 321 Å². The molecule has 5 heterocycles. The van der Waals surface area contributed by atoms with Gasteiger partial charge in [-0.1, -0.05) is 53.5 Å². The van der Waals surface area contributed by atoms with E-state index in [1.807, 2.05) is 30.3 Å². The molecule has 54 heavy (non-hydrogen) atoms. The summed E-state index contributed by atoms with van der Waals surface area (Å²) in [7, 11) is 4.68. The van der Waals surface area contributed by atoms with Gasteiger partial charge in [0, 0.05) is 74.8 Å². The monoisotopic (exact) mass is 770 g/mol. The zero-order valence-corrected chi connectivity index (χ0v) is 31.7. The predicted molar refractivity (Wildman–Crippen MR) is 209 cm³/mol. The molecule has 3 N–H and O–H groups in total. The minimum Gasteiger partial charge on any atom is -0.481 e. The van der Waals surface area contributed by atoms with Crippen molar-refractivity contribution in [2.24, 2.45) is 14.1 Å². The van der Waals surface area contributed by atoms with E-state index in [4.69, 9.17) is 32.9 Å². The molecule has 15 heteroatoms. The van der Waals surface area contributed by atoms with Crippen LogP contribution >= 0.6 is 23.2 Å². The third kappa shape index (κ3) is 5.99. The van der Waals surface area contributed by atoms with E-state index in [9.17, 15) is 19.5 Å². The van der Waals surface area contributed by atoms with Crippen LogP contribution in [0.1, 0.15) is 36.4 Å². The molecule has 2 aliphatic heterocycles. The summed E-state index contributed by atoms with van der Waals surface area (Å²) < 4.78 is 8.41. The van der Waals surface area contributed by atoms with Gasteiger partial charge in [-0.3, -0.25) is 18.8 Å². The number of halogens is 2. The maximum absolute atomic E-state index is 13.2. The smallest absolute Gasteiger partial charge is 0.330 e. The summed E-state index contributed by atoms with van der Waals surface area (Å²) in [6, 6.07) is 15.0. The molecule has 0 unspecified atom stereocenters. The highest BCUT2D eigenvalue weighted by Gasteiger charge is 2.46. The molecule has 0 saturated carbocycles. The average Bonchev–Trinajstić information content (AvgIpc) is 3.79. The molecule has 2 saturated heterocycles. The molecule has 2 fully saturated rings. The number of aliphatic hydroxyl groups is 1. The van der Waals surface area contributed by atoms with E-state index in [2.05, 4.69) is 26.6 Å². The third-order valence-electron chi connectivity index (χ3n) is 11.2. The van der Waals surface area contributed by atoms with Gasteiger partial charge >= 0.3 is 11.7 Å². The number of urea groups is 1. The molecular formula is C39H40Cl2N8O5. The van der Waals surface area contributed by atoms with Gasteiger partial charge in [-0.05, 0) is 49.4 Å². The number of aromatic nitrogens is 4. The second-order valence-electron chi connectivity index (χ2n) is 14.3. The van der Waals surface area contributed by atoms with Crippen LogP contribution in [0, 0.1) is 0 Å². The lowest BCUT2D eigenvalue weighted by Gasteiger charge is -2.40. The van der Waals surface area contributed by atoms with E-state index in [0.29, 0.717) is 57.0 Å². The van der Waals surface area contributed by atoms with Crippen molar-refractivity contribution in [2.45, 2.75) is 37.3 Å². The van der Waals surface area contributed by atoms with Crippen molar-refractivity contribution in [3.8, 4) is 28.3 Å². The van der Waals surface area contributed by atoms with Gasteiger partial charge in [0.2, 0.25) is 5.88 Å². The maximum atomic E-state index is 13.2. The molecule has 2 aromatic carbocycles. The number of rotatable bonds is 8. The fourth-order valence-electron chi connectivity index (χ4n) is 8.39. The summed E-state index contributed by atoms with van der Waals surface area (Å²) in [5, 5.41) is 16.9. The number of hydrogen-bond donors (Lipinski definition) is 3. The Balaban J connectivity index is 1.09. The van der Waals surface area contributed by atoms with Gasteiger partial charge in [-0.25, -0.2) is 19.6 Å². The zero-order chi connectivity index (χ0) is 37.9.